The third-order valence-corrected chi connectivity index (χ3v) is 5.76. The summed E-state index contributed by atoms with van der Waals surface area (Å²) in [5.41, 5.74) is 3.28. The number of hydrogen-bond acceptors (Lipinski definition) is 9. The maximum absolute atomic E-state index is 12.0. The number of carbonyl (C=O) groups is 1. The Morgan fingerprint density at radius 1 is 1.25 bits per heavy atom. The molecule has 0 amide bonds. The van der Waals surface area contributed by atoms with Gasteiger partial charge in [-0.05, 0) is 66.7 Å². The van der Waals surface area contributed by atoms with Crippen molar-refractivity contribution >= 4 is 5.97 Å². The molecule has 32 heavy (non-hydrogen) atoms. The van der Waals surface area contributed by atoms with E-state index in [0.29, 0.717) is 35.2 Å². The molecule has 166 valence electrons. The molecule has 0 saturated heterocycles. The van der Waals surface area contributed by atoms with Crippen molar-refractivity contribution in [1.29, 1.82) is 0 Å². The van der Waals surface area contributed by atoms with Crippen LogP contribution in [-0.2, 0) is 11.2 Å². The first-order valence-electron chi connectivity index (χ1n) is 10.4. The molecule has 10 nitrogen and oxygen atoms in total. The minimum atomic E-state index is -0.363. The van der Waals surface area contributed by atoms with E-state index in [0.717, 1.165) is 29.8 Å². The number of aromatic nitrogens is 4. The van der Waals surface area contributed by atoms with Gasteiger partial charge in [0.2, 0.25) is 12.5 Å². The molecule has 0 fully saturated rings. The summed E-state index contributed by atoms with van der Waals surface area (Å²) in [5.74, 6) is 2.20. The normalized spacial score (nSPS) is 17.2. The Hall–Kier alpha value is -3.66. The van der Waals surface area contributed by atoms with Crippen LogP contribution in [-0.4, -0.2) is 65.2 Å². The van der Waals surface area contributed by atoms with Crippen LogP contribution in [0.25, 0.3) is 5.69 Å². The Labute approximate surface area is 184 Å². The fraction of sp³-hybridized carbons (Fsp3) is 0.364. The van der Waals surface area contributed by atoms with Crippen molar-refractivity contribution in [3.63, 3.8) is 0 Å². The number of likely N-dealkylation sites (N-methyl/N-ethyl adjacent to an activating group) is 1. The Kier molecular flexibility index (Phi) is 5.14. The highest BCUT2D eigenvalue weighted by molar-refractivity contribution is 5.89. The Bertz CT molecular complexity index is 1160. The molecule has 3 heterocycles. The lowest BCUT2D eigenvalue weighted by Gasteiger charge is -2.34. The summed E-state index contributed by atoms with van der Waals surface area (Å²) in [6.07, 6.45) is 0.838. The van der Waals surface area contributed by atoms with Gasteiger partial charge in [0.1, 0.15) is 6.04 Å². The number of ether oxygens (including phenoxy) is 4. The van der Waals surface area contributed by atoms with Gasteiger partial charge in [0.15, 0.2) is 17.3 Å². The molecule has 2 aliphatic heterocycles. The fourth-order valence-electron chi connectivity index (χ4n) is 4.26. The Morgan fingerprint density at radius 3 is 2.81 bits per heavy atom. The topological polar surface area (TPSA) is 101 Å². The summed E-state index contributed by atoms with van der Waals surface area (Å²) < 4.78 is 23.8. The molecule has 0 bridgehead atoms. The number of esters is 1. The molecule has 0 radical (unpaired) electrons. The monoisotopic (exact) mass is 437 g/mol. The van der Waals surface area contributed by atoms with Gasteiger partial charge in [0.05, 0.1) is 25.0 Å². The summed E-state index contributed by atoms with van der Waals surface area (Å²) >= 11 is 0. The van der Waals surface area contributed by atoms with Gasteiger partial charge < -0.3 is 18.9 Å². The minimum absolute atomic E-state index is 0.166. The fourth-order valence-corrected chi connectivity index (χ4v) is 4.26. The molecule has 1 atom stereocenters. The molecular weight excluding hydrogens is 414 g/mol. The van der Waals surface area contributed by atoms with Crippen molar-refractivity contribution in [3.05, 3.63) is 52.8 Å². The minimum Gasteiger partial charge on any atom is -0.492 e. The summed E-state index contributed by atoms with van der Waals surface area (Å²) in [7, 11) is 3.65. The quantitative estimate of drug-likeness (QED) is 0.556. The van der Waals surface area contributed by atoms with Crippen LogP contribution in [0.4, 0.5) is 0 Å². The average Bonchev–Trinajstić information content (AvgIpc) is 3.47. The molecule has 5 rings (SSSR count). The van der Waals surface area contributed by atoms with Crippen molar-refractivity contribution in [2.75, 3.05) is 34.1 Å². The molecule has 2 aliphatic rings. The third kappa shape index (κ3) is 3.23. The van der Waals surface area contributed by atoms with E-state index in [1.807, 2.05) is 13.1 Å². The third-order valence-electron chi connectivity index (χ3n) is 5.76. The first-order chi connectivity index (χ1) is 15.6. The van der Waals surface area contributed by atoms with E-state index >= 15 is 0 Å². The molecule has 2 aromatic carbocycles. The average molecular weight is 437 g/mol. The number of nitrogens with zero attached hydrogens (tertiary/aromatic N) is 5. The lowest BCUT2D eigenvalue weighted by Crippen LogP contribution is -2.35. The first-order valence-corrected chi connectivity index (χ1v) is 10.4. The summed E-state index contributed by atoms with van der Waals surface area (Å²) in [6, 6.07) is 8.76. The standard InChI is InChI=1S/C22H23N5O5/c1-4-30-22(28)13-5-7-15(8-6-13)27-21(23-24-25-27)18-17-14(9-10-26(18)2)11-16-19(20(17)29-3)32-12-31-16/h5-8,11,18H,4,9-10,12H2,1-3H3/t18-/m0/s1. The number of carbonyl (C=O) groups excluding carboxylic acids is 1. The predicted octanol–water partition coefficient (Wildman–Crippen LogP) is 2.15. The summed E-state index contributed by atoms with van der Waals surface area (Å²) in [4.78, 5) is 14.2. The Balaban J connectivity index is 1.58. The van der Waals surface area contributed by atoms with Crippen molar-refractivity contribution in [2.45, 2.75) is 19.4 Å². The van der Waals surface area contributed by atoms with E-state index in [4.69, 9.17) is 18.9 Å². The highest BCUT2D eigenvalue weighted by atomic mass is 16.7. The lowest BCUT2D eigenvalue weighted by atomic mass is 9.90. The zero-order valence-corrected chi connectivity index (χ0v) is 18.1. The van der Waals surface area contributed by atoms with Gasteiger partial charge >= 0.3 is 5.97 Å². The predicted molar refractivity (Wildman–Crippen MR) is 112 cm³/mol. The number of rotatable bonds is 5. The largest absolute Gasteiger partial charge is 0.492 e. The first kappa shape index (κ1) is 20.3. The van der Waals surface area contributed by atoms with Crippen LogP contribution in [0.5, 0.6) is 17.2 Å². The van der Waals surface area contributed by atoms with Crippen LogP contribution < -0.4 is 14.2 Å². The summed E-state index contributed by atoms with van der Waals surface area (Å²) in [6.45, 7) is 3.08. The van der Waals surface area contributed by atoms with E-state index in [9.17, 15) is 4.79 Å². The molecule has 10 heteroatoms. The zero-order chi connectivity index (χ0) is 22.2. The van der Waals surface area contributed by atoms with Gasteiger partial charge in [-0.1, -0.05) is 0 Å². The van der Waals surface area contributed by atoms with Gasteiger partial charge in [0, 0.05) is 12.1 Å². The van der Waals surface area contributed by atoms with E-state index in [2.05, 4.69) is 20.4 Å². The number of fused-ring (bicyclic) bond motifs is 2. The van der Waals surface area contributed by atoms with Gasteiger partial charge in [-0.15, -0.1) is 5.10 Å². The van der Waals surface area contributed by atoms with Crippen LogP contribution in [0.1, 0.15) is 40.3 Å². The van der Waals surface area contributed by atoms with E-state index < -0.39 is 0 Å². The molecule has 3 aromatic rings. The van der Waals surface area contributed by atoms with Gasteiger partial charge in [-0.3, -0.25) is 4.90 Å². The van der Waals surface area contributed by atoms with Crippen LogP contribution in [0.3, 0.4) is 0 Å². The second-order valence-corrected chi connectivity index (χ2v) is 7.57. The number of benzene rings is 2. The van der Waals surface area contributed by atoms with Crippen molar-refractivity contribution in [1.82, 2.24) is 25.1 Å². The molecule has 0 spiro atoms. The second-order valence-electron chi connectivity index (χ2n) is 7.57. The molecule has 0 aliphatic carbocycles. The maximum Gasteiger partial charge on any atom is 0.338 e. The van der Waals surface area contributed by atoms with Crippen LogP contribution in [0, 0.1) is 0 Å². The Morgan fingerprint density at radius 2 is 2.06 bits per heavy atom. The smallest absolute Gasteiger partial charge is 0.338 e. The van der Waals surface area contributed by atoms with Crippen LogP contribution in [0.15, 0.2) is 30.3 Å². The molecule has 1 aromatic heterocycles. The SMILES string of the molecule is CCOC(=O)c1ccc(-n2nnnc2[C@@H]2c3c(cc4c(c3OC)OCO4)CCN2C)cc1. The van der Waals surface area contributed by atoms with Crippen LogP contribution >= 0.6 is 0 Å². The van der Waals surface area contributed by atoms with E-state index in [1.165, 1.54) is 0 Å². The number of hydrogen-bond donors (Lipinski definition) is 0. The molecule has 0 unspecified atom stereocenters. The second kappa shape index (κ2) is 8.12. The number of methoxy groups -OCH3 is 1. The molecular formula is C22H23N5O5. The van der Waals surface area contributed by atoms with Crippen LogP contribution in [0.2, 0.25) is 0 Å². The lowest BCUT2D eigenvalue weighted by molar-refractivity contribution is 0.0526. The highest BCUT2D eigenvalue weighted by Gasteiger charge is 2.37. The van der Waals surface area contributed by atoms with Crippen molar-refractivity contribution in [3.8, 4) is 22.9 Å². The highest BCUT2D eigenvalue weighted by Crippen LogP contribution is 2.50. The maximum atomic E-state index is 12.0. The molecule has 0 saturated carbocycles. The van der Waals surface area contributed by atoms with Gasteiger partial charge in [-0.25, -0.2) is 4.79 Å². The van der Waals surface area contributed by atoms with Gasteiger partial charge in [-0.2, -0.15) is 4.68 Å². The number of tetrazole rings is 1. The van der Waals surface area contributed by atoms with E-state index in [1.54, 1.807) is 43.0 Å². The molecule has 0 N–H and O–H groups in total. The van der Waals surface area contributed by atoms with Gasteiger partial charge in [0.25, 0.3) is 0 Å². The zero-order valence-electron chi connectivity index (χ0n) is 18.1. The van der Waals surface area contributed by atoms with Crippen molar-refractivity contribution < 1.29 is 23.7 Å². The van der Waals surface area contributed by atoms with Crippen molar-refractivity contribution in [2.24, 2.45) is 0 Å². The van der Waals surface area contributed by atoms with E-state index in [-0.39, 0.29) is 18.8 Å². The summed E-state index contributed by atoms with van der Waals surface area (Å²) in [5, 5.41) is 12.5.